The molecule has 0 aliphatic heterocycles. The van der Waals surface area contributed by atoms with Crippen LogP contribution in [0.1, 0.15) is 94.2 Å². The van der Waals surface area contributed by atoms with Crippen LogP contribution in [0.3, 0.4) is 0 Å². The van der Waals surface area contributed by atoms with Crippen LogP contribution < -0.4 is 20.9 Å². The number of nitrogen functional groups attached to an aromatic ring is 2. The quantitative estimate of drug-likeness (QED) is 0.225. The van der Waals surface area contributed by atoms with Crippen molar-refractivity contribution < 1.29 is 9.47 Å². The first kappa shape index (κ1) is 30.0. The maximum atomic E-state index is 6.43. The van der Waals surface area contributed by atoms with Gasteiger partial charge >= 0.3 is 0 Å². The zero-order valence-corrected chi connectivity index (χ0v) is 26.2. The molecule has 0 aliphatic carbocycles. The number of benzene rings is 4. The summed E-state index contributed by atoms with van der Waals surface area (Å²) in [6.45, 7) is 20.1. The molecule has 0 spiro atoms. The summed E-state index contributed by atoms with van der Waals surface area (Å²) in [7, 11) is 0. The Bertz CT molecular complexity index is 1390. The van der Waals surface area contributed by atoms with Gasteiger partial charge in [-0.2, -0.15) is 0 Å². The fourth-order valence-electron chi connectivity index (χ4n) is 5.42. The van der Waals surface area contributed by atoms with Crippen molar-refractivity contribution in [3.63, 3.8) is 0 Å². The lowest BCUT2D eigenvalue weighted by Gasteiger charge is -2.30. The van der Waals surface area contributed by atoms with E-state index in [1.807, 2.05) is 48.5 Å². The minimum atomic E-state index is -0.105. The first-order valence-corrected chi connectivity index (χ1v) is 14.5. The molecule has 0 saturated carbocycles. The predicted molar refractivity (Wildman–Crippen MR) is 174 cm³/mol. The summed E-state index contributed by atoms with van der Waals surface area (Å²) in [4.78, 5) is 0. The molecule has 0 saturated heterocycles. The van der Waals surface area contributed by atoms with Gasteiger partial charge in [-0.3, -0.25) is 0 Å². The fraction of sp³-hybridized carbons (Fsp3) is 0.351. The Morgan fingerprint density at radius 2 is 0.927 bits per heavy atom. The van der Waals surface area contributed by atoms with Crippen LogP contribution in [0.25, 0.3) is 0 Å². The Morgan fingerprint density at radius 1 is 0.585 bits per heavy atom. The average molecular weight is 551 g/mol. The van der Waals surface area contributed by atoms with E-state index in [0.717, 1.165) is 40.8 Å². The van der Waals surface area contributed by atoms with Gasteiger partial charge in [-0.15, -0.1) is 0 Å². The van der Waals surface area contributed by atoms with Gasteiger partial charge in [0.2, 0.25) is 0 Å². The summed E-state index contributed by atoms with van der Waals surface area (Å²) in [6.07, 6.45) is 0.977. The van der Waals surface area contributed by atoms with Crippen molar-refractivity contribution in [1.82, 2.24) is 0 Å². The van der Waals surface area contributed by atoms with Crippen LogP contribution >= 0.6 is 0 Å². The second-order valence-corrected chi connectivity index (χ2v) is 13.2. The van der Waals surface area contributed by atoms with Crippen LogP contribution in [-0.2, 0) is 10.8 Å². The van der Waals surface area contributed by atoms with Gasteiger partial charge in [-0.25, -0.2) is 0 Å². The van der Waals surface area contributed by atoms with Crippen LogP contribution in [0, 0.1) is 13.8 Å². The Kier molecular flexibility index (Phi) is 8.44. The number of hydrogen-bond donors (Lipinski definition) is 2. The summed E-state index contributed by atoms with van der Waals surface area (Å²) in [6, 6.07) is 24.3. The standard InChI is InChI=1S/C37H46N2O2/c1-10-29(30-21-32(36(4,5)6)34(19-23(30)2)40-27-15-11-25(38)12-16-27)31-22-33(37(7,8)9)35(20-24(31)3)41-28-17-13-26(39)14-18-28/h11-22,29H,10,38-39H2,1-9H3. The normalized spacial score (nSPS) is 12.0. The number of nitrogens with two attached hydrogens (primary N) is 2. The molecule has 0 aromatic heterocycles. The van der Waals surface area contributed by atoms with Gasteiger partial charge in [0.15, 0.2) is 0 Å². The summed E-state index contributed by atoms with van der Waals surface area (Å²) in [5.74, 6) is 3.57. The molecule has 4 aromatic rings. The maximum absolute atomic E-state index is 6.43. The third-order valence-electron chi connectivity index (χ3n) is 7.73. The van der Waals surface area contributed by atoms with E-state index in [1.165, 1.54) is 33.4 Å². The number of anilines is 2. The molecule has 0 amide bonds. The van der Waals surface area contributed by atoms with Gasteiger partial charge < -0.3 is 20.9 Å². The summed E-state index contributed by atoms with van der Waals surface area (Å²) < 4.78 is 12.9. The van der Waals surface area contributed by atoms with Crippen molar-refractivity contribution in [2.75, 3.05) is 11.5 Å². The second kappa shape index (κ2) is 11.5. The Morgan fingerprint density at radius 3 is 1.22 bits per heavy atom. The third kappa shape index (κ3) is 6.87. The van der Waals surface area contributed by atoms with Gasteiger partial charge in [0, 0.05) is 28.4 Å². The van der Waals surface area contributed by atoms with Crippen LogP contribution in [0.5, 0.6) is 23.0 Å². The highest BCUT2D eigenvalue weighted by Gasteiger charge is 2.28. The fourth-order valence-corrected chi connectivity index (χ4v) is 5.42. The molecule has 4 nitrogen and oxygen atoms in total. The highest BCUT2D eigenvalue weighted by Crippen LogP contribution is 2.44. The number of aryl methyl sites for hydroxylation is 2. The van der Waals surface area contributed by atoms with Gasteiger partial charge in [0.05, 0.1) is 0 Å². The molecule has 4 aromatic carbocycles. The number of hydrogen-bond acceptors (Lipinski definition) is 4. The van der Waals surface area contributed by atoms with E-state index in [9.17, 15) is 0 Å². The van der Waals surface area contributed by atoms with E-state index in [1.54, 1.807) is 0 Å². The first-order chi connectivity index (χ1) is 19.2. The van der Waals surface area contributed by atoms with E-state index in [4.69, 9.17) is 20.9 Å². The smallest absolute Gasteiger partial charge is 0.131 e. The maximum Gasteiger partial charge on any atom is 0.131 e. The minimum absolute atomic E-state index is 0.105. The van der Waals surface area contributed by atoms with Gasteiger partial charge in [0.1, 0.15) is 23.0 Å². The number of rotatable bonds is 7. The van der Waals surface area contributed by atoms with E-state index in [-0.39, 0.29) is 16.7 Å². The SMILES string of the molecule is CCC(c1cc(C(C)(C)C)c(Oc2ccc(N)cc2)cc1C)c1cc(C(C)(C)C)c(Oc2ccc(N)cc2)cc1C. The van der Waals surface area contributed by atoms with E-state index >= 15 is 0 Å². The van der Waals surface area contributed by atoms with E-state index in [0.29, 0.717) is 0 Å². The zero-order chi connectivity index (χ0) is 30.1. The van der Waals surface area contributed by atoms with Gasteiger partial charge in [-0.1, -0.05) is 60.6 Å². The second-order valence-electron chi connectivity index (χ2n) is 13.2. The topological polar surface area (TPSA) is 70.5 Å². The van der Waals surface area contributed by atoms with Crippen molar-refractivity contribution in [2.45, 2.75) is 85.5 Å². The molecule has 0 bridgehead atoms. The molecule has 216 valence electrons. The van der Waals surface area contributed by atoms with Crippen LogP contribution in [0.4, 0.5) is 11.4 Å². The molecule has 4 N–H and O–H groups in total. The summed E-state index contributed by atoms with van der Waals surface area (Å²) in [5, 5.41) is 0. The Balaban J connectivity index is 1.81. The zero-order valence-electron chi connectivity index (χ0n) is 26.2. The lowest BCUT2D eigenvalue weighted by molar-refractivity contribution is 0.453. The van der Waals surface area contributed by atoms with Crippen molar-refractivity contribution in [1.29, 1.82) is 0 Å². The third-order valence-corrected chi connectivity index (χ3v) is 7.73. The van der Waals surface area contributed by atoms with Gasteiger partial charge in [-0.05, 0) is 114 Å². The van der Waals surface area contributed by atoms with Crippen LogP contribution in [-0.4, -0.2) is 0 Å². The van der Waals surface area contributed by atoms with Crippen LogP contribution in [0.2, 0.25) is 0 Å². The monoisotopic (exact) mass is 550 g/mol. The molecule has 0 unspecified atom stereocenters. The summed E-state index contributed by atoms with van der Waals surface area (Å²) >= 11 is 0. The molecule has 4 rings (SSSR count). The summed E-state index contributed by atoms with van der Waals surface area (Å²) in [5.41, 5.74) is 20.5. The Hall–Kier alpha value is -3.92. The molecule has 0 heterocycles. The lowest BCUT2D eigenvalue weighted by atomic mass is 9.77. The average Bonchev–Trinajstić information content (AvgIpc) is 2.88. The highest BCUT2D eigenvalue weighted by molar-refractivity contribution is 5.55. The molecule has 0 radical (unpaired) electrons. The van der Waals surface area contributed by atoms with Crippen molar-refractivity contribution in [2.24, 2.45) is 0 Å². The van der Waals surface area contributed by atoms with Crippen molar-refractivity contribution >= 4 is 11.4 Å². The van der Waals surface area contributed by atoms with E-state index in [2.05, 4.69) is 86.6 Å². The lowest BCUT2D eigenvalue weighted by Crippen LogP contribution is -2.17. The number of ether oxygens (including phenoxy) is 2. The Labute approximate surface area is 246 Å². The predicted octanol–water partition coefficient (Wildman–Crippen LogP) is 10.2. The highest BCUT2D eigenvalue weighted by atomic mass is 16.5. The molecule has 0 atom stereocenters. The molecule has 0 fully saturated rings. The molecule has 0 aliphatic rings. The van der Waals surface area contributed by atoms with Crippen molar-refractivity contribution in [3.05, 3.63) is 106 Å². The first-order valence-electron chi connectivity index (χ1n) is 14.5. The molecular weight excluding hydrogens is 504 g/mol. The van der Waals surface area contributed by atoms with Crippen LogP contribution in [0.15, 0.2) is 72.8 Å². The largest absolute Gasteiger partial charge is 0.457 e. The molecule has 41 heavy (non-hydrogen) atoms. The van der Waals surface area contributed by atoms with E-state index < -0.39 is 0 Å². The van der Waals surface area contributed by atoms with Crippen molar-refractivity contribution in [3.8, 4) is 23.0 Å². The minimum Gasteiger partial charge on any atom is -0.457 e. The molecular formula is C37H46N2O2. The molecule has 4 heteroatoms. The van der Waals surface area contributed by atoms with Gasteiger partial charge in [0.25, 0.3) is 0 Å².